The molecule has 18 heavy (non-hydrogen) atoms. The number of pyridine rings is 1. The lowest BCUT2D eigenvalue weighted by atomic mass is 10.0. The molecule has 0 aliphatic carbocycles. The highest BCUT2D eigenvalue weighted by Gasteiger charge is 2.03. The number of hydrogen-bond donors (Lipinski definition) is 0. The van der Waals surface area contributed by atoms with Gasteiger partial charge in [0.05, 0.1) is 0 Å². The molecule has 1 heterocycles. The van der Waals surface area contributed by atoms with Crippen molar-refractivity contribution in [1.82, 2.24) is 4.98 Å². The molecule has 0 radical (unpaired) electrons. The summed E-state index contributed by atoms with van der Waals surface area (Å²) < 4.78 is 5.65. The van der Waals surface area contributed by atoms with Gasteiger partial charge in [0.15, 0.2) is 0 Å². The molecule has 0 amide bonds. The van der Waals surface area contributed by atoms with Crippen molar-refractivity contribution in [3.8, 4) is 17.7 Å². The molecular weight excluding hydrogens is 224 g/mol. The van der Waals surface area contributed by atoms with Gasteiger partial charge in [0.25, 0.3) is 0 Å². The molecule has 0 bridgehead atoms. The van der Waals surface area contributed by atoms with Gasteiger partial charge in [-0.25, -0.2) is 4.98 Å². The van der Waals surface area contributed by atoms with Gasteiger partial charge in [0.1, 0.15) is 17.5 Å². The van der Waals surface area contributed by atoms with Crippen molar-refractivity contribution in [3.63, 3.8) is 0 Å². The van der Waals surface area contributed by atoms with Crippen LogP contribution in [0.3, 0.4) is 0 Å². The highest BCUT2D eigenvalue weighted by atomic mass is 16.5. The molecule has 0 atom stereocenters. The topological polar surface area (TPSA) is 45.9 Å². The summed E-state index contributed by atoms with van der Waals surface area (Å²) in [6.07, 6.45) is 0. The van der Waals surface area contributed by atoms with E-state index in [4.69, 9.17) is 10.00 Å². The third kappa shape index (κ3) is 2.86. The average molecular weight is 238 g/mol. The molecule has 3 heteroatoms. The van der Waals surface area contributed by atoms with Crippen LogP contribution >= 0.6 is 0 Å². The summed E-state index contributed by atoms with van der Waals surface area (Å²) in [4.78, 5) is 4.08. The Balaban J connectivity index is 2.23. The summed E-state index contributed by atoms with van der Waals surface area (Å²) in [6, 6.07) is 15.0. The number of rotatable bonds is 3. The maximum atomic E-state index is 8.78. The Kier molecular flexibility index (Phi) is 3.59. The maximum absolute atomic E-state index is 8.78. The molecule has 0 N–H and O–H groups in total. The van der Waals surface area contributed by atoms with Crippen LogP contribution in [0, 0.1) is 11.3 Å². The highest BCUT2D eigenvalue weighted by Crippen LogP contribution is 2.24. The molecule has 2 aromatic rings. The van der Waals surface area contributed by atoms with Gasteiger partial charge in [-0.3, -0.25) is 0 Å². The Morgan fingerprint density at radius 2 is 1.94 bits per heavy atom. The van der Waals surface area contributed by atoms with Crippen LogP contribution in [0.2, 0.25) is 0 Å². The lowest BCUT2D eigenvalue weighted by Gasteiger charge is -2.09. The van der Waals surface area contributed by atoms with Gasteiger partial charge in [0, 0.05) is 6.07 Å². The summed E-state index contributed by atoms with van der Waals surface area (Å²) in [5.74, 6) is 1.63. The molecular formula is C15H14N2O. The van der Waals surface area contributed by atoms with E-state index in [1.807, 2.05) is 24.3 Å². The fraction of sp³-hybridized carbons (Fsp3) is 0.200. The lowest BCUT2D eigenvalue weighted by Crippen LogP contribution is -1.92. The third-order valence-corrected chi connectivity index (χ3v) is 2.59. The Morgan fingerprint density at radius 3 is 2.67 bits per heavy atom. The van der Waals surface area contributed by atoms with E-state index in [2.05, 4.69) is 24.9 Å². The second-order valence-corrected chi connectivity index (χ2v) is 4.30. The van der Waals surface area contributed by atoms with E-state index in [0.717, 1.165) is 5.75 Å². The van der Waals surface area contributed by atoms with Crippen molar-refractivity contribution >= 4 is 0 Å². The van der Waals surface area contributed by atoms with Gasteiger partial charge in [-0.05, 0) is 29.7 Å². The van der Waals surface area contributed by atoms with Gasteiger partial charge in [-0.1, -0.05) is 32.0 Å². The number of hydrogen-bond acceptors (Lipinski definition) is 3. The molecule has 1 aromatic carbocycles. The molecule has 1 aromatic heterocycles. The Hall–Kier alpha value is -2.34. The minimum absolute atomic E-state index is 0.354. The second kappa shape index (κ2) is 5.33. The number of ether oxygens (including phenoxy) is 1. The van der Waals surface area contributed by atoms with E-state index in [9.17, 15) is 0 Å². The summed E-state index contributed by atoms with van der Waals surface area (Å²) in [5.41, 5.74) is 1.57. The molecule has 2 rings (SSSR count). The summed E-state index contributed by atoms with van der Waals surface area (Å²) >= 11 is 0. The molecule has 0 saturated carbocycles. The smallest absolute Gasteiger partial charge is 0.220 e. The number of nitriles is 1. The van der Waals surface area contributed by atoms with Gasteiger partial charge in [-0.2, -0.15) is 5.26 Å². The predicted octanol–water partition coefficient (Wildman–Crippen LogP) is 3.87. The van der Waals surface area contributed by atoms with Crippen LogP contribution in [0.1, 0.15) is 31.0 Å². The number of aromatic nitrogens is 1. The molecule has 0 aliphatic rings. The van der Waals surface area contributed by atoms with E-state index in [-0.39, 0.29) is 0 Å². The normalized spacial score (nSPS) is 10.1. The van der Waals surface area contributed by atoms with Gasteiger partial charge in [0.2, 0.25) is 5.88 Å². The van der Waals surface area contributed by atoms with Crippen molar-refractivity contribution in [2.45, 2.75) is 19.8 Å². The van der Waals surface area contributed by atoms with Gasteiger partial charge < -0.3 is 4.74 Å². The molecule has 0 spiro atoms. The Morgan fingerprint density at radius 1 is 1.17 bits per heavy atom. The predicted molar refractivity (Wildman–Crippen MR) is 69.6 cm³/mol. The zero-order chi connectivity index (χ0) is 13.0. The first-order valence-corrected chi connectivity index (χ1v) is 5.84. The number of benzene rings is 1. The standard InChI is InChI=1S/C15H14N2O/c1-11(2)12-5-3-7-14(9-12)18-15-8-4-6-13(10-16)17-15/h3-9,11H,1-2H3. The first-order chi connectivity index (χ1) is 8.69. The minimum Gasteiger partial charge on any atom is -0.439 e. The largest absolute Gasteiger partial charge is 0.439 e. The summed E-state index contributed by atoms with van der Waals surface area (Å²) in [7, 11) is 0. The van der Waals surface area contributed by atoms with Crippen LogP contribution in [0.25, 0.3) is 0 Å². The van der Waals surface area contributed by atoms with Crippen molar-refractivity contribution in [1.29, 1.82) is 5.26 Å². The van der Waals surface area contributed by atoms with E-state index in [0.29, 0.717) is 17.5 Å². The average Bonchev–Trinajstić information content (AvgIpc) is 2.39. The third-order valence-electron chi connectivity index (χ3n) is 2.59. The van der Waals surface area contributed by atoms with Crippen molar-refractivity contribution in [2.75, 3.05) is 0 Å². The van der Waals surface area contributed by atoms with Crippen molar-refractivity contribution in [2.24, 2.45) is 0 Å². The van der Waals surface area contributed by atoms with Gasteiger partial charge >= 0.3 is 0 Å². The lowest BCUT2D eigenvalue weighted by molar-refractivity contribution is 0.461. The van der Waals surface area contributed by atoms with Crippen molar-refractivity contribution < 1.29 is 4.74 Å². The minimum atomic E-state index is 0.354. The summed E-state index contributed by atoms with van der Waals surface area (Å²) in [6.45, 7) is 4.27. The van der Waals surface area contributed by atoms with E-state index < -0.39 is 0 Å². The van der Waals surface area contributed by atoms with Crippen LogP contribution in [0.4, 0.5) is 0 Å². The summed E-state index contributed by atoms with van der Waals surface area (Å²) in [5, 5.41) is 8.78. The van der Waals surface area contributed by atoms with Crippen LogP contribution < -0.4 is 4.74 Å². The van der Waals surface area contributed by atoms with Crippen LogP contribution in [-0.2, 0) is 0 Å². The quantitative estimate of drug-likeness (QED) is 0.815. The molecule has 3 nitrogen and oxygen atoms in total. The van der Waals surface area contributed by atoms with E-state index in [1.54, 1.807) is 18.2 Å². The Bertz CT molecular complexity index is 585. The zero-order valence-corrected chi connectivity index (χ0v) is 10.4. The molecule has 0 saturated heterocycles. The Labute approximate surface area is 107 Å². The number of nitrogens with zero attached hydrogens (tertiary/aromatic N) is 2. The zero-order valence-electron chi connectivity index (χ0n) is 10.4. The first kappa shape index (κ1) is 12.1. The second-order valence-electron chi connectivity index (χ2n) is 4.30. The maximum Gasteiger partial charge on any atom is 0.220 e. The SMILES string of the molecule is CC(C)c1cccc(Oc2cccc(C#N)n2)c1. The monoisotopic (exact) mass is 238 g/mol. The molecule has 90 valence electrons. The van der Waals surface area contributed by atoms with Crippen LogP contribution in [-0.4, -0.2) is 4.98 Å². The van der Waals surface area contributed by atoms with E-state index >= 15 is 0 Å². The van der Waals surface area contributed by atoms with Crippen LogP contribution in [0.5, 0.6) is 11.6 Å². The van der Waals surface area contributed by atoms with Gasteiger partial charge in [-0.15, -0.1) is 0 Å². The van der Waals surface area contributed by atoms with E-state index in [1.165, 1.54) is 5.56 Å². The fourth-order valence-electron chi connectivity index (χ4n) is 1.59. The first-order valence-electron chi connectivity index (χ1n) is 5.84. The fourth-order valence-corrected chi connectivity index (χ4v) is 1.59. The highest BCUT2D eigenvalue weighted by molar-refractivity contribution is 5.34. The molecule has 0 fully saturated rings. The van der Waals surface area contributed by atoms with Crippen molar-refractivity contribution in [3.05, 3.63) is 53.7 Å². The molecule has 0 unspecified atom stereocenters. The van der Waals surface area contributed by atoms with Crippen LogP contribution in [0.15, 0.2) is 42.5 Å². The molecule has 0 aliphatic heterocycles.